The van der Waals surface area contributed by atoms with Crippen LogP contribution in [-0.4, -0.2) is 36.3 Å². The quantitative estimate of drug-likeness (QED) is 0.700. The summed E-state index contributed by atoms with van der Waals surface area (Å²) in [4.78, 5) is 30.9. The normalized spacial score (nSPS) is 11.7. The summed E-state index contributed by atoms with van der Waals surface area (Å²) < 4.78 is 5.54. The first-order valence-corrected chi connectivity index (χ1v) is 12.2. The maximum Gasteiger partial charge on any atom is 0.316 e. The molecule has 0 saturated carbocycles. The van der Waals surface area contributed by atoms with E-state index in [1.165, 1.54) is 4.90 Å². The lowest BCUT2D eigenvalue weighted by Crippen LogP contribution is -2.38. The summed E-state index contributed by atoms with van der Waals surface area (Å²) in [7, 11) is -1.34. The van der Waals surface area contributed by atoms with Gasteiger partial charge in [0.05, 0.1) is 0 Å². The zero-order valence-electron chi connectivity index (χ0n) is 15.0. The number of amides is 2. The zero-order chi connectivity index (χ0) is 17.7. The second-order valence-corrected chi connectivity index (χ2v) is 12.9. The van der Waals surface area contributed by atoms with Crippen molar-refractivity contribution in [3.05, 3.63) is 30.2 Å². The standard InChI is InChI=1S/C18H26N2O3Si/c1-5-6-12-20(16(21)11-13-24(2,3)4)18(22)17-19-14-9-7-8-10-15(14)23-17/h7-10H,5-6,11-13H2,1-4H3. The van der Waals surface area contributed by atoms with Crippen molar-refractivity contribution in [2.24, 2.45) is 0 Å². The topological polar surface area (TPSA) is 63.4 Å². The number of aromatic nitrogens is 1. The van der Waals surface area contributed by atoms with Crippen LogP contribution in [0, 0.1) is 0 Å². The molecule has 130 valence electrons. The van der Waals surface area contributed by atoms with Gasteiger partial charge in [0.1, 0.15) is 5.52 Å². The van der Waals surface area contributed by atoms with Crippen molar-refractivity contribution in [3.63, 3.8) is 0 Å². The summed E-state index contributed by atoms with van der Waals surface area (Å²) in [5.41, 5.74) is 1.19. The van der Waals surface area contributed by atoms with Gasteiger partial charge in [-0.3, -0.25) is 14.5 Å². The molecule has 2 amide bonds. The third-order valence-electron chi connectivity index (χ3n) is 3.85. The fourth-order valence-corrected chi connectivity index (χ4v) is 3.32. The summed E-state index contributed by atoms with van der Waals surface area (Å²) >= 11 is 0. The molecule has 0 unspecified atom stereocenters. The fourth-order valence-electron chi connectivity index (χ4n) is 2.35. The second-order valence-electron chi connectivity index (χ2n) is 7.25. The van der Waals surface area contributed by atoms with E-state index in [0.717, 1.165) is 18.9 Å². The van der Waals surface area contributed by atoms with Gasteiger partial charge >= 0.3 is 5.91 Å². The maximum absolute atomic E-state index is 12.7. The van der Waals surface area contributed by atoms with Crippen molar-refractivity contribution < 1.29 is 14.0 Å². The minimum Gasteiger partial charge on any atom is -0.432 e. The first-order chi connectivity index (χ1) is 11.3. The number of para-hydroxylation sites is 2. The molecule has 0 radical (unpaired) electrons. The van der Waals surface area contributed by atoms with Crippen LogP contribution in [0.1, 0.15) is 36.9 Å². The Morgan fingerprint density at radius 1 is 1.21 bits per heavy atom. The summed E-state index contributed by atoms with van der Waals surface area (Å²) in [6.45, 7) is 9.12. The number of benzene rings is 1. The van der Waals surface area contributed by atoms with E-state index >= 15 is 0 Å². The van der Waals surface area contributed by atoms with E-state index in [2.05, 4.69) is 24.6 Å². The smallest absolute Gasteiger partial charge is 0.316 e. The molecule has 1 heterocycles. The molecule has 24 heavy (non-hydrogen) atoms. The Morgan fingerprint density at radius 3 is 2.54 bits per heavy atom. The molecule has 2 aromatic rings. The van der Waals surface area contributed by atoms with Crippen LogP contribution in [0.3, 0.4) is 0 Å². The Bertz CT molecular complexity index is 685. The summed E-state index contributed by atoms with van der Waals surface area (Å²) in [5, 5.41) is 0. The van der Waals surface area contributed by atoms with E-state index in [1.807, 2.05) is 19.1 Å². The largest absolute Gasteiger partial charge is 0.432 e. The predicted molar refractivity (Wildman–Crippen MR) is 97.7 cm³/mol. The van der Waals surface area contributed by atoms with Gasteiger partial charge in [0, 0.05) is 21.0 Å². The number of fused-ring (bicyclic) bond motifs is 1. The van der Waals surface area contributed by atoms with E-state index in [4.69, 9.17) is 4.42 Å². The number of rotatable bonds is 7. The third-order valence-corrected chi connectivity index (χ3v) is 5.60. The Labute approximate surface area is 144 Å². The molecule has 0 aliphatic rings. The Kier molecular flexibility index (Phi) is 5.93. The minimum absolute atomic E-state index is 0.00587. The van der Waals surface area contributed by atoms with Crippen LogP contribution in [0.5, 0.6) is 0 Å². The lowest BCUT2D eigenvalue weighted by atomic mass is 10.3. The molecular weight excluding hydrogens is 320 g/mol. The van der Waals surface area contributed by atoms with Gasteiger partial charge in [-0.1, -0.05) is 45.1 Å². The number of nitrogens with zero attached hydrogens (tertiary/aromatic N) is 2. The average molecular weight is 347 g/mol. The number of hydrogen-bond donors (Lipinski definition) is 0. The van der Waals surface area contributed by atoms with E-state index in [-0.39, 0.29) is 11.8 Å². The summed E-state index contributed by atoms with van der Waals surface area (Å²) in [5.74, 6) is -0.563. The maximum atomic E-state index is 12.7. The van der Waals surface area contributed by atoms with E-state index < -0.39 is 14.0 Å². The lowest BCUT2D eigenvalue weighted by molar-refractivity contribution is -0.128. The van der Waals surface area contributed by atoms with Crippen molar-refractivity contribution in [2.45, 2.75) is 51.9 Å². The zero-order valence-corrected chi connectivity index (χ0v) is 16.0. The van der Waals surface area contributed by atoms with Crippen LogP contribution in [0.2, 0.25) is 25.7 Å². The molecule has 1 aromatic heterocycles. The van der Waals surface area contributed by atoms with Crippen LogP contribution in [-0.2, 0) is 4.79 Å². The molecule has 0 fully saturated rings. The molecule has 0 N–H and O–H groups in total. The number of carbonyl (C=O) groups is 2. The van der Waals surface area contributed by atoms with Crippen LogP contribution in [0.25, 0.3) is 11.1 Å². The number of carbonyl (C=O) groups excluding carboxylic acids is 2. The SMILES string of the molecule is CCCCN(C(=O)CC[Si](C)(C)C)C(=O)c1nc2ccccc2o1. The monoisotopic (exact) mass is 346 g/mol. The predicted octanol–water partition coefficient (Wildman–Crippen LogP) is 4.33. The first kappa shape index (κ1) is 18.4. The van der Waals surface area contributed by atoms with Gasteiger partial charge in [-0.05, 0) is 24.6 Å². The van der Waals surface area contributed by atoms with Gasteiger partial charge in [0.2, 0.25) is 5.91 Å². The van der Waals surface area contributed by atoms with Gasteiger partial charge in [0.25, 0.3) is 5.89 Å². The molecule has 6 heteroatoms. The Hall–Kier alpha value is -1.95. The van der Waals surface area contributed by atoms with E-state index in [1.54, 1.807) is 12.1 Å². The highest BCUT2D eigenvalue weighted by Gasteiger charge is 2.27. The highest BCUT2D eigenvalue weighted by Crippen LogP contribution is 2.18. The molecule has 0 aliphatic carbocycles. The Morgan fingerprint density at radius 2 is 1.92 bits per heavy atom. The first-order valence-electron chi connectivity index (χ1n) is 8.52. The summed E-state index contributed by atoms with van der Waals surface area (Å²) in [6.07, 6.45) is 2.11. The fraction of sp³-hybridized carbons (Fsp3) is 0.500. The number of unbranched alkanes of at least 4 members (excludes halogenated alkanes) is 1. The Balaban J connectivity index is 2.19. The lowest BCUT2D eigenvalue weighted by Gasteiger charge is -2.21. The van der Waals surface area contributed by atoms with Gasteiger partial charge < -0.3 is 4.42 Å². The number of hydrogen-bond acceptors (Lipinski definition) is 4. The molecule has 5 nitrogen and oxygen atoms in total. The molecule has 0 aliphatic heterocycles. The van der Waals surface area contributed by atoms with Crippen molar-refractivity contribution >= 4 is 31.0 Å². The van der Waals surface area contributed by atoms with Crippen LogP contribution in [0.15, 0.2) is 28.7 Å². The van der Waals surface area contributed by atoms with Gasteiger partial charge in [0.15, 0.2) is 5.58 Å². The minimum atomic E-state index is -1.34. The number of oxazole rings is 1. The highest BCUT2D eigenvalue weighted by atomic mass is 28.3. The van der Waals surface area contributed by atoms with Crippen molar-refractivity contribution in [2.75, 3.05) is 6.54 Å². The van der Waals surface area contributed by atoms with E-state index in [0.29, 0.717) is 24.1 Å². The van der Waals surface area contributed by atoms with Gasteiger partial charge in [-0.25, -0.2) is 4.98 Å². The molecule has 0 spiro atoms. The highest BCUT2D eigenvalue weighted by molar-refractivity contribution is 6.76. The number of imide groups is 1. The van der Waals surface area contributed by atoms with E-state index in [9.17, 15) is 9.59 Å². The van der Waals surface area contributed by atoms with Crippen LogP contribution in [0.4, 0.5) is 0 Å². The molecule has 0 saturated heterocycles. The second kappa shape index (κ2) is 7.74. The van der Waals surface area contributed by atoms with Gasteiger partial charge in [-0.2, -0.15) is 0 Å². The van der Waals surface area contributed by atoms with Crippen molar-refractivity contribution in [1.29, 1.82) is 0 Å². The van der Waals surface area contributed by atoms with Gasteiger partial charge in [-0.15, -0.1) is 0 Å². The summed E-state index contributed by atoms with van der Waals surface area (Å²) in [6, 6.07) is 8.10. The van der Waals surface area contributed by atoms with Crippen LogP contribution >= 0.6 is 0 Å². The molecule has 0 atom stereocenters. The third kappa shape index (κ3) is 4.77. The van der Waals surface area contributed by atoms with Crippen molar-refractivity contribution in [3.8, 4) is 0 Å². The average Bonchev–Trinajstić information content (AvgIpc) is 2.96. The molecule has 2 rings (SSSR count). The molecule has 0 bridgehead atoms. The molecular formula is C18H26N2O3Si. The van der Waals surface area contributed by atoms with Crippen LogP contribution < -0.4 is 0 Å². The molecule has 1 aromatic carbocycles. The van der Waals surface area contributed by atoms with Crippen molar-refractivity contribution in [1.82, 2.24) is 9.88 Å².